The van der Waals surface area contributed by atoms with Crippen molar-refractivity contribution in [3.63, 3.8) is 0 Å². The molecular formula is C15H18N2O. The molecule has 0 aliphatic heterocycles. The minimum atomic E-state index is -0.0195. The number of nitrogens with two attached hydrogens (primary N) is 1. The van der Waals surface area contributed by atoms with Crippen molar-refractivity contribution in [2.45, 2.75) is 26.8 Å². The Morgan fingerprint density at radius 1 is 1.17 bits per heavy atom. The predicted octanol–water partition coefficient (Wildman–Crippen LogP) is 3.51. The number of hydrogen-bond donors (Lipinski definition) is 1. The van der Waals surface area contributed by atoms with Gasteiger partial charge in [-0.25, -0.2) is 4.98 Å². The van der Waals surface area contributed by atoms with Crippen LogP contribution < -0.4 is 10.5 Å². The van der Waals surface area contributed by atoms with E-state index in [1.165, 1.54) is 5.56 Å². The van der Waals surface area contributed by atoms with E-state index >= 15 is 0 Å². The Hall–Kier alpha value is -1.87. The molecule has 0 aliphatic rings. The summed E-state index contributed by atoms with van der Waals surface area (Å²) in [5.74, 6) is 1.42. The summed E-state index contributed by atoms with van der Waals surface area (Å²) in [5, 5.41) is 0. The largest absolute Gasteiger partial charge is 0.439 e. The van der Waals surface area contributed by atoms with Gasteiger partial charge in [0, 0.05) is 18.3 Å². The monoisotopic (exact) mass is 242 g/mol. The zero-order valence-electron chi connectivity index (χ0n) is 11.0. The molecule has 0 amide bonds. The van der Waals surface area contributed by atoms with E-state index in [1.54, 1.807) is 6.20 Å². The van der Waals surface area contributed by atoms with Gasteiger partial charge in [-0.3, -0.25) is 0 Å². The molecule has 1 heterocycles. The quantitative estimate of drug-likeness (QED) is 0.896. The van der Waals surface area contributed by atoms with Gasteiger partial charge in [0.1, 0.15) is 5.75 Å². The topological polar surface area (TPSA) is 48.1 Å². The number of aryl methyl sites for hydroxylation is 2. The highest BCUT2D eigenvalue weighted by atomic mass is 16.5. The minimum absolute atomic E-state index is 0.0195. The molecule has 0 saturated heterocycles. The molecule has 1 atom stereocenters. The van der Waals surface area contributed by atoms with Crippen LogP contribution in [0.4, 0.5) is 0 Å². The first-order chi connectivity index (χ1) is 8.56. The van der Waals surface area contributed by atoms with Crippen LogP contribution in [0.25, 0.3) is 0 Å². The third kappa shape index (κ3) is 2.87. The first-order valence-corrected chi connectivity index (χ1v) is 6.03. The number of ether oxygens (including phenoxy) is 1. The summed E-state index contributed by atoms with van der Waals surface area (Å²) in [4.78, 5) is 4.21. The molecule has 18 heavy (non-hydrogen) atoms. The lowest BCUT2D eigenvalue weighted by Gasteiger charge is -2.11. The predicted molar refractivity (Wildman–Crippen MR) is 72.8 cm³/mol. The Morgan fingerprint density at radius 2 is 1.94 bits per heavy atom. The van der Waals surface area contributed by atoms with Gasteiger partial charge < -0.3 is 10.5 Å². The van der Waals surface area contributed by atoms with Crippen LogP contribution in [0.5, 0.6) is 11.6 Å². The smallest absolute Gasteiger partial charge is 0.219 e. The molecule has 0 saturated carbocycles. The van der Waals surface area contributed by atoms with Gasteiger partial charge in [0.05, 0.1) is 0 Å². The van der Waals surface area contributed by atoms with Crippen molar-refractivity contribution < 1.29 is 4.74 Å². The first kappa shape index (κ1) is 12.6. The van der Waals surface area contributed by atoms with Crippen molar-refractivity contribution in [3.05, 3.63) is 53.2 Å². The summed E-state index contributed by atoms with van der Waals surface area (Å²) in [5.41, 5.74) is 9.12. The second kappa shape index (κ2) is 5.19. The number of benzene rings is 1. The van der Waals surface area contributed by atoms with E-state index in [-0.39, 0.29) is 6.04 Å². The number of nitrogens with zero attached hydrogens (tertiary/aromatic N) is 1. The molecule has 2 rings (SSSR count). The molecule has 0 aliphatic carbocycles. The minimum Gasteiger partial charge on any atom is -0.439 e. The van der Waals surface area contributed by atoms with Crippen LogP contribution in [0, 0.1) is 13.8 Å². The van der Waals surface area contributed by atoms with E-state index in [0.717, 1.165) is 16.9 Å². The van der Waals surface area contributed by atoms with Crippen molar-refractivity contribution in [3.8, 4) is 11.6 Å². The molecule has 0 fully saturated rings. The van der Waals surface area contributed by atoms with Crippen molar-refractivity contribution in [1.82, 2.24) is 4.98 Å². The fourth-order valence-electron chi connectivity index (χ4n) is 1.69. The zero-order chi connectivity index (χ0) is 13.1. The van der Waals surface area contributed by atoms with Gasteiger partial charge >= 0.3 is 0 Å². The molecule has 3 heteroatoms. The first-order valence-electron chi connectivity index (χ1n) is 6.03. The van der Waals surface area contributed by atoms with E-state index < -0.39 is 0 Å². The van der Waals surface area contributed by atoms with Crippen LogP contribution >= 0.6 is 0 Å². The molecule has 2 aromatic rings. The lowest BCUT2D eigenvalue weighted by Crippen LogP contribution is -2.05. The maximum Gasteiger partial charge on any atom is 0.219 e. The molecule has 94 valence electrons. The highest BCUT2D eigenvalue weighted by Gasteiger charge is 2.05. The fraction of sp³-hybridized carbons (Fsp3) is 0.267. The molecule has 1 aromatic heterocycles. The number of hydrogen-bond acceptors (Lipinski definition) is 3. The van der Waals surface area contributed by atoms with E-state index in [9.17, 15) is 0 Å². The molecule has 1 aromatic carbocycles. The average molecular weight is 242 g/mol. The second-order valence-electron chi connectivity index (χ2n) is 4.59. The van der Waals surface area contributed by atoms with Crippen LogP contribution in [0.15, 0.2) is 36.5 Å². The van der Waals surface area contributed by atoms with Gasteiger partial charge in [-0.05, 0) is 49.6 Å². The SMILES string of the molecule is Cc1ccc(C)c(Oc2cc([C@H](C)N)ccn2)c1. The van der Waals surface area contributed by atoms with Gasteiger partial charge in [-0.1, -0.05) is 12.1 Å². The maximum atomic E-state index is 5.85. The Kier molecular flexibility index (Phi) is 3.63. The van der Waals surface area contributed by atoms with Gasteiger partial charge in [-0.15, -0.1) is 0 Å². The normalized spacial score (nSPS) is 12.2. The Labute approximate surface area is 108 Å². The van der Waals surface area contributed by atoms with Crippen LogP contribution in [-0.2, 0) is 0 Å². The molecule has 2 N–H and O–H groups in total. The maximum absolute atomic E-state index is 5.85. The Bertz CT molecular complexity index is 550. The standard InChI is InChI=1S/C15H18N2O/c1-10-4-5-11(2)14(8-10)18-15-9-13(12(3)16)6-7-17-15/h4-9,12H,16H2,1-3H3/t12-/m0/s1. The van der Waals surface area contributed by atoms with E-state index in [2.05, 4.69) is 11.1 Å². The third-order valence-electron chi connectivity index (χ3n) is 2.84. The second-order valence-corrected chi connectivity index (χ2v) is 4.59. The summed E-state index contributed by atoms with van der Waals surface area (Å²) in [6.07, 6.45) is 1.72. The molecule has 0 bridgehead atoms. The number of aromatic nitrogens is 1. The number of pyridine rings is 1. The Morgan fingerprint density at radius 3 is 2.67 bits per heavy atom. The van der Waals surface area contributed by atoms with Gasteiger partial charge in [0.2, 0.25) is 5.88 Å². The zero-order valence-corrected chi connectivity index (χ0v) is 11.0. The van der Waals surface area contributed by atoms with Crippen molar-refractivity contribution in [1.29, 1.82) is 0 Å². The van der Waals surface area contributed by atoms with Gasteiger partial charge in [0.15, 0.2) is 0 Å². The van der Waals surface area contributed by atoms with Gasteiger partial charge in [0.25, 0.3) is 0 Å². The van der Waals surface area contributed by atoms with Crippen molar-refractivity contribution in [2.24, 2.45) is 5.73 Å². The third-order valence-corrected chi connectivity index (χ3v) is 2.84. The van der Waals surface area contributed by atoms with Crippen molar-refractivity contribution in [2.75, 3.05) is 0 Å². The summed E-state index contributed by atoms with van der Waals surface area (Å²) in [6, 6.07) is 9.88. The van der Waals surface area contributed by atoms with E-state index in [1.807, 2.05) is 45.0 Å². The van der Waals surface area contributed by atoms with Crippen molar-refractivity contribution >= 4 is 0 Å². The van der Waals surface area contributed by atoms with Crippen LogP contribution in [0.1, 0.15) is 29.7 Å². The Balaban J connectivity index is 2.28. The lowest BCUT2D eigenvalue weighted by atomic mass is 10.1. The summed E-state index contributed by atoms with van der Waals surface area (Å²) in [7, 11) is 0. The highest BCUT2D eigenvalue weighted by Crippen LogP contribution is 2.25. The highest BCUT2D eigenvalue weighted by molar-refractivity contribution is 5.38. The summed E-state index contributed by atoms with van der Waals surface area (Å²) < 4.78 is 5.81. The van der Waals surface area contributed by atoms with Gasteiger partial charge in [-0.2, -0.15) is 0 Å². The van der Waals surface area contributed by atoms with E-state index in [0.29, 0.717) is 5.88 Å². The molecule has 0 radical (unpaired) electrons. The number of rotatable bonds is 3. The average Bonchev–Trinajstić information content (AvgIpc) is 2.34. The summed E-state index contributed by atoms with van der Waals surface area (Å²) in [6.45, 7) is 6.00. The van der Waals surface area contributed by atoms with Crippen LogP contribution in [0.3, 0.4) is 0 Å². The lowest BCUT2D eigenvalue weighted by molar-refractivity contribution is 0.458. The fourth-order valence-corrected chi connectivity index (χ4v) is 1.69. The molecule has 0 spiro atoms. The molecule has 0 unspecified atom stereocenters. The summed E-state index contributed by atoms with van der Waals surface area (Å²) >= 11 is 0. The van der Waals surface area contributed by atoms with E-state index in [4.69, 9.17) is 10.5 Å². The van der Waals surface area contributed by atoms with Crippen LogP contribution in [0.2, 0.25) is 0 Å². The molecular weight excluding hydrogens is 224 g/mol. The molecule has 3 nitrogen and oxygen atoms in total. The van der Waals surface area contributed by atoms with Crippen LogP contribution in [-0.4, -0.2) is 4.98 Å².